The van der Waals surface area contributed by atoms with Crippen LogP contribution in [0.5, 0.6) is 0 Å². The molecule has 9 heavy (non-hydrogen) atoms. The van der Waals surface area contributed by atoms with Gasteiger partial charge in [-0.1, -0.05) is 28.1 Å². The lowest BCUT2D eigenvalue weighted by molar-refractivity contribution is 0.525. The summed E-state index contributed by atoms with van der Waals surface area (Å²) in [5.41, 5.74) is 0. The molecule has 0 saturated heterocycles. The van der Waals surface area contributed by atoms with E-state index in [0.717, 1.165) is 5.92 Å². The average molecular weight is 189 g/mol. The van der Waals surface area contributed by atoms with Gasteiger partial charge in [0.25, 0.3) is 0 Å². The molecule has 1 rings (SSSR count). The number of halogens is 1. The van der Waals surface area contributed by atoms with E-state index in [-0.39, 0.29) is 0 Å². The molecule has 0 aromatic heterocycles. The van der Waals surface area contributed by atoms with Crippen LogP contribution in [0.25, 0.3) is 0 Å². The minimum absolute atomic E-state index is 0.931. The summed E-state index contributed by atoms with van der Waals surface area (Å²) >= 11 is 3.52. The fourth-order valence-electron chi connectivity index (χ4n) is 1.20. The maximum absolute atomic E-state index is 3.52. The molecule has 0 nitrogen and oxygen atoms in total. The Morgan fingerprint density at radius 3 is 2.22 bits per heavy atom. The normalized spacial score (nSPS) is 21.9. The monoisotopic (exact) mass is 188 g/mol. The van der Waals surface area contributed by atoms with Gasteiger partial charge < -0.3 is 0 Å². The average Bonchev–Trinajstić information content (AvgIpc) is 2.13. The highest BCUT2D eigenvalue weighted by molar-refractivity contribution is 9.09. The number of hydrogen-bond donors (Lipinski definition) is 0. The van der Waals surface area contributed by atoms with Crippen molar-refractivity contribution in [2.45, 2.75) is 25.7 Å². The second kappa shape index (κ2) is 4.10. The molecule has 1 aliphatic carbocycles. The van der Waals surface area contributed by atoms with Crippen LogP contribution in [-0.4, -0.2) is 5.33 Å². The fraction of sp³-hybridized carbons (Fsp3) is 0.750. The van der Waals surface area contributed by atoms with E-state index >= 15 is 0 Å². The van der Waals surface area contributed by atoms with Crippen LogP contribution < -0.4 is 0 Å². The first-order valence-corrected chi connectivity index (χ1v) is 4.76. The van der Waals surface area contributed by atoms with E-state index < -0.39 is 0 Å². The summed E-state index contributed by atoms with van der Waals surface area (Å²) in [4.78, 5) is 0. The van der Waals surface area contributed by atoms with Gasteiger partial charge in [0.05, 0.1) is 0 Å². The van der Waals surface area contributed by atoms with Crippen molar-refractivity contribution in [3.05, 3.63) is 12.2 Å². The molecule has 0 unspecified atom stereocenters. The molecule has 52 valence electrons. The van der Waals surface area contributed by atoms with Crippen molar-refractivity contribution in [2.75, 3.05) is 5.33 Å². The van der Waals surface area contributed by atoms with Gasteiger partial charge in [0, 0.05) is 5.33 Å². The van der Waals surface area contributed by atoms with Gasteiger partial charge in [-0.3, -0.25) is 0 Å². The highest BCUT2D eigenvalue weighted by atomic mass is 79.9. The third-order valence-corrected chi connectivity index (χ3v) is 2.78. The van der Waals surface area contributed by atoms with E-state index in [2.05, 4.69) is 28.1 Å². The van der Waals surface area contributed by atoms with E-state index in [1.807, 2.05) is 0 Å². The molecule has 0 atom stereocenters. The minimum Gasteiger partial charge on any atom is -0.0925 e. The Kier molecular flexibility index (Phi) is 3.34. The molecule has 0 N–H and O–H groups in total. The lowest BCUT2D eigenvalue weighted by atomic mass is 10.0. The zero-order valence-electron chi connectivity index (χ0n) is 5.65. The Morgan fingerprint density at radius 2 is 1.78 bits per heavy atom. The second-order valence-electron chi connectivity index (χ2n) is 2.65. The van der Waals surface area contributed by atoms with E-state index in [4.69, 9.17) is 0 Å². The summed E-state index contributed by atoms with van der Waals surface area (Å²) in [6.07, 6.45) is 9.95. The number of alkyl halides is 1. The van der Waals surface area contributed by atoms with Crippen molar-refractivity contribution in [3.63, 3.8) is 0 Å². The van der Waals surface area contributed by atoms with Crippen LogP contribution in [0.4, 0.5) is 0 Å². The fourth-order valence-corrected chi connectivity index (χ4v) is 1.85. The predicted octanol–water partition coefficient (Wildman–Crippen LogP) is 3.13. The summed E-state index contributed by atoms with van der Waals surface area (Å²) in [6.45, 7) is 0. The van der Waals surface area contributed by atoms with E-state index in [9.17, 15) is 0 Å². The Labute approximate surface area is 65.5 Å². The molecule has 1 aliphatic rings. The Bertz CT molecular complexity index is 86.7. The summed E-state index contributed by atoms with van der Waals surface area (Å²) in [5.74, 6) is 0.931. The largest absolute Gasteiger partial charge is 0.0925 e. The molecule has 0 fully saturated rings. The number of hydrogen-bond acceptors (Lipinski definition) is 0. The highest BCUT2D eigenvalue weighted by Gasteiger charge is 2.06. The molecule has 0 aromatic carbocycles. The number of allylic oxidation sites excluding steroid dienone is 2. The molecule has 1 heteroatoms. The quantitative estimate of drug-likeness (QED) is 0.439. The molecule has 0 bridgehead atoms. The van der Waals surface area contributed by atoms with Crippen LogP contribution in [0.1, 0.15) is 25.7 Å². The molecule has 0 aliphatic heterocycles. The molecule has 0 saturated carbocycles. The topological polar surface area (TPSA) is 0 Å². The van der Waals surface area contributed by atoms with Crippen LogP contribution in [0.2, 0.25) is 0 Å². The van der Waals surface area contributed by atoms with Crippen LogP contribution in [0, 0.1) is 5.92 Å². The van der Waals surface area contributed by atoms with Crippen molar-refractivity contribution in [1.82, 2.24) is 0 Å². The van der Waals surface area contributed by atoms with E-state index in [0.29, 0.717) is 0 Å². The maximum atomic E-state index is 3.52. The van der Waals surface area contributed by atoms with Gasteiger partial charge in [-0.2, -0.15) is 0 Å². The van der Waals surface area contributed by atoms with E-state index in [1.165, 1.54) is 31.0 Å². The van der Waals surface area contributed by atoms with Gasteiger partial charge in [-0.25, -0.2) is 0 Å². The summed E-state index contributed by atoms with van der Waals surface area (Å²) in [6, 6.07) is 0. The van der Waals surface area contributed by atoms with Crippen molar-refractivity contribution in [3.8, 4) is 0 Å². The van der Waals surface area contributed by atoms with Gasteiger partial charge in [-0.15, -0.1) is 0 Å². The van der Waals surface area contributed by atoms with Gasteiger partial charge in [-0.05, 0) is 31.6 Å². The Morgan fingerprint density at radius 1 is 1.22 bits per heavy atom. The Balaban J connectivity index is 2.26. The third kappa shape index (κ3) is 2.53. The van der Waals surface area contributed by atoms with Crippen LogP contribution in [-0.2, 0) is 0 Å². The van der Waals surface area contributed by atoms with Crippen LogP contribution >= 0.6 is 15.9 Å². The van der Waals surface area contributed by atoms with Crippen LogP contribution in [0.15, 0.2) is 12.2 Å². The third-order valence-electron chi connectivity index (χ3n) is 1.87. The van der Waals surface area contributed by atoms with Crippen LogP contribution in [0.3, 0.4) is 0 Å². The summed E-state index contributed by atoms with van der Waals surface area (Å²) < 4.78 is 0. The van der Waals surface area contributed by atoms with Gasteiger partial charge >= 0.3 is 0 Å². The van der Waals surface area contributed by atoms with Crippen molar-refractivity contribution in [2.24, 2.45) is 5.92 Å². The van der Waals surface area contributed by atoms with Crippen molar-refractivity contribution >= 4 is 15.9 Å². The second-order valence-corrected chi connectivity index (χ2v) is 3.29. The maximum Gasteiger partial charge on any atom is 0.00598 e. The Hall–Kier alpha value is 0.220. The molecular weight excluding hydrogens is 176 g/mol. The molecule has 0 spiro atoms. The zero-order valence-corrected chi connectivity index (χ0v) is 7.23. The summed E-state index contributed by atoms with van der Waals surface area (Å²) in [7, 11) is 0. The number of rotatable bonds is 1. The minimum atomic E-state index is 0.931. The van der Waals surface area contributed by atoms with E-state index in [1.54, 1.807) is 0 Å². The lowest BCUT2D eigenvalue weighted by Crippen LogP contribution is -1.98. The first-order valence-electron chi connectivity index (χ1n) is 3.64. The SMILES string of the molecule is BrCC1CCC=CCC1. The standard InChI is InChI=1S/C8H13Br/c9-7-8-5-3-1-2-4-6-8/h1-2,8H,3-7H2. The van der Waals surface area contributed by atoms with Gasteiger partial charge in [0.15, 0.2) is 0 Å². The first-order chi connectivity index (χ1) is 4.43. The molecule has 0 aromatic rings. The molecule has 0 radical (unpaired) electrons. The van der Waals surface area contributed by atoms with Gasteiger partial charge in [0.1, 0.15) is 0 Å². The lowest BCUT2D eigenvalue weighted by Gasteiger charge is -2.07. The zero-order chi connectivity index (χ0) is 6.53. The van der Waals surface area contributed by atoms with Crippen molar-refractivity contribution in [1.29, 1.82) is 0 Å². The first kappa shape index (κ1) is 7.33. The molecule has 0 amide bonds. The smallest absolute Gasteiger partial charge is 0.00598 e. The predicted molar refractivity (Wildman–Crippen MR) is 44.9 cm³/mol. The highest BCUT2D eigenvalue weighted by Crippen LogP contribution is 2.19. The summed E-state index contributed by atoms with van der Waals surface area (Å²) in [5, 5.41) is 1.19. The van der Waals surface area contributed by atoms with Gasteiger partial charge in [0.2, 0.25) is 0 Å². The molecule has 0 heterocycles. The molecular formula is C8H13Br. The van der Waals surface area contributed by atoms with Crippen molar-refractivity contribution < 1.29 is 0 Å².